The highest BCUT2D eigenvalue weighted by molar-refractivity contribution is 5.49. The molecule has 1 heteroatoms. The molecule has 0 fully saturated rings. The van der Waals surface area contributed by atoms with Gasteiger partial charge in [-0.1, -0.05) is 68.2 Å². The van der Waals surface area contributed by atoms with E-state index in [4.69, 9.17) is 0 Å². The normalized spacial score (nSPS) is 18.9. The second kappa shape index (κ2) is 11.0. The monoisotopic (exact) mass is 343 g/mol. The lowest BCUT2D eigenvalue weighted by atomic mass is 9.82. The third kappa shape index (κ3) is 6.33. The van der Waals surface area contributed by atoms with Gasteiger partial charge in [0.2, 0.25) is 0 Å². The van der Waals surface area contributed by atoms with Crippen LogP contribution in [0, 0.1) is 11.8 Å². The van der Waals surface area contributed by atoms with Crippen LogP contribution in [0.2, 0.25) is 0 Å². The van der Waals surface area contributed by atoms with Crippen molar-refractivity contribution in [3.63, 3.8) is 0 Å². The summed E-state index contributed by atoms with van der Waals surface area (Å²) in [7, 11) is 0. The maximum Gasteiger partial charge on any atom is 0.0273 e. The molecule has 0 aliphatic heterocycles. The minimum absolute atomic E-state index is 0.456. The lowest BCUT2D eigenvalue weighted by Gasteiger charge is -2.22. The minimum Gasteiger partial charge on any atom is -0.265 e. The first-order valence-corrected chi connectivity index (χ1v) is 9.35. The summed E-state index contributed by atoms with van der Waals surface area (Å²) in [5.74, 6) is 0.958. The van der Waals surface area contributed by atoms with Crippen molar-refractivity contribution in [2.24, 2.45) is 11.8 Å². The molecule has 0 spiro atoms. The Morgan fingerprint density at radius 2 is 2.12 bits per heavy atom. The SMILES string of the molecule is C=CCC(/C=C/c1ccncc1)C1C=CC(/C=C(C=C)/C=C\CC)=CC1. The average Bonchev–Trinajstić information content (AvgIpc) is 2.69. The summed E-state index contributed by atoms with van der Waals surface area (Å²) in [6.45, 7) is 9.98. The van der Waals surface area contributed by atoms with Crippen molar-refractivity contribution in [1.82, 2.24) is 4.98 Å². The van der Waals surface area contributed by atoms with Crippen molar-refractivity contribution in [2.45, 2.75) is 26.2 Å². The van der Waals surface area contributed by atoms with Crippen LogP contribution >= 0.6 is 0 Å². The van der Waals surface area contributed by atoms with Crippen LogP contribution in [0.15, 0.2) is 104 Å². The lowest BCUT2D eigenvalue weighted by Crippen LogP contribution is -2.11. The Kier molecular flexibility index (Phi) is 8.35. The fourth-order valence-corrected chi connectivity index (χ4v) is 3.00. The molecule has 2 unspecified atom stereocenters. The number of nitrogens with zero attached hydrogens (tertiary/aromatic N) is 1. The van der Waals surface area contributed by atoms with Crippen LogP contribution in [0.3, 0.4) is 0 Å². The topological polar surface area (TPSA) is 12.9 Å². The number of hydrogen-bond donors (Lipinski definition) is 0. The molecule has 0 radical (unpaired) electrons. The predicted octanol–water partition coefficient (Wildman–Crippen LogP) is 6.87. The van der Waals surface area contributed by atoms with Crippen LogP contribution in [0.25, 0.3) is 6.08 Å². The molecular weight excluding hydrogens is 314 g/mol. The number of allylic oxidation sites excluding steroid dienone is 11. The maximum atomic E-state index is 4.07. The molecule has 134 valence electrons. The summed E-state index contributed by atoms with van der Waals surface area (Å²) in [6.07, 6.45) is 28.5. The third-order valence-corrected chi connectivity index (χ3v) is 4.51. The van der Waals surface area contributed by atoms with Gasteiger partial charge in [0.25, 0.3) is 0 Å². The number of pyridine rings is 1. The quantitative estimate of drug-likeness (QED) is 0.352. The summed E-state index contributed by atoms with van der Waals surface area (Å²) in [4.78, 5) is 4.07. The second-order valence-electron chi connectivity index (χ2n) is 6.45. The van der Waals surface area contributed by atoms with E-state index in [-0.39, 0.29) is 0 Å². The lowest BCUT2D eigenvalue weighted by molar-refractivity contribution is 0.481. The van der Waals surface area contributed by atoms with E-state index in [9.17, 15) is 0 Å². The smallest absolute Gasteiger partial charge is 0.0273 e. The Labute approximate surface area is 158 Å². The molecule has 26 heavy (non-hydrogen) atoms. The van der Waals surface area contributed by atoms with Crippen LogP contribution in [0.1, 0.15) is 31.7 Å². The number of rotatable bonds is 9. The molecule has 2 atom stereocenters. The highest BCUT2D eigenvalue weighted by Gasteiger charge is 2.16. The van der Waals surface area contributed by atoms with E-state index in [0.717, 1.165) is 24.8 Å². The first kappa shape index (κ1) is 19.7. The molecule has 1 aliphatic rings. The highest BCUT2D eigenvalue weighted by Crippen LogP contribution is 2.29. The van der Waals surface area contributed by atoms with Gasteiger partial charge >= 0.3 is 0 Å². The minimum atomic E-state index is 0.456. The molecule has 1 heterocycles. The average molecular weight is 344 g/mol. The van der Waals surface area contributed by atoms with Gasteiger partial charge in [0.1, 0.15) is 0 Å². The molecule has 0 saturated heterocycles. The molecule has 0 aromatic carbocycles. The molecule has 0 N–H and O–H groups in total. The van der Waals surface area contributed by atoms with Gasteiger partial charge < -0.3 is 0 Å². The zero-order chi connectivity index (χ0) is 18.6. The summed E-state index contributed by atoms with van der Waals surface area (Å²) in [6, 6.07) is 4.06. The Morgan fingerprint density at radius 1 is 1.31 bits per heavy atom. The third-order valence-electron chi connectivity index (χ3n) is 4.51. The van der Waals surface area contributed by atoms with Crippen molar-refractivity contribution in [3.05, 3.63) is 109 Å². The Morgan fingerprint density at radius 3 is 2.73 bits per heavy atom. The van der Waals surface area contributed by atoms with Gasteiger partial charge in [0.05, 0.1) is 0 Å². The predicted molar refractivity (Wildman–Crippen MR) is 115 cm³/mol. The Balaban J connectivity index is 2.06. The standard InChI is InChI=1S/C25H29N/c1-4-7-9-21(6-3)20-23-11-14-25(15-12-23)24(8-5-2)13-10-22-16-18-26-19-17-22/h5-7,9-14,16-20,24-25H,2-4,8,15H2,1H3/b9-7-,13-10+,21-20+. The van der Waals surface area contributed by atoms with Gasteiger partial charge in [-0.05, 0) is 66.0 Å². The molecule has 1 aromatic rings. The van der Waals surface area contributed by atoms with Crippen LogP contribution in [-0.4, -0.2) is 4.98 Å². The van der Waals surface area contributed by atoms with Gasteiger partial charge in [-0.2, -0.15) is 0 Å². The van der Waals surface area contributed by atoms with Crippen molar-refractivity contribution in [1.29, 1.82) is 0 Å². The van der Waals surface area contributed by atoms with Crippen LogP contribution in [0.5, 0.6) is 0 Å². The molecule has 0 bridgehead atoms. The van der Waals surface area contributed by atoms with E-state index in [1.165, 1.54) is 11.1 Å². The summed E-state index contributed by atoms with van der Waals surface area (Å²) >= 11 is 0. The molecule has 0 saturated carbocycles. The fraction of sp³-hybridized carbons (Fsp3) is 0.240. The molecule has 1 aliphatic carbocycles. The van der Waals surface area contributed by atoms with Crippen LogP contribution < -0.4 is 0 Å². The van der Waals surface area contributed by atoms with Gasteiger partial charge in [-0.25, -0.2) is 0 Å². The number of hydrogen-bond acceptors (Lipinski definition) is 1. The van der Waals surface area contributed by atoms with E-state index in [1.807, 2.05) is 36.7 Å². The van der Waals surface area contributed by atoms with Crippen molar-refractivity contribution in [2.75, 3.05) is 0 Å². The van der Waals surface area contributed by atoms with E-state index in [0.29, 0.717) is 11.8 Å². The van der Waals surface area contributed by atoms with Crippen molar-refractivity contribution in [3.8, 4) is 0 Å². The Hall–Kier alpha value is -2.67. The first-order valence-electron chi connectivity index (χ1n) is 9.35. The fourth-order valence-electron chi connectivity index (χ4n) is 3.00. The van der Waals surface area contributed by atoms with Gasteiger partial charge in [-0.3, -0.25) is 4.98 Å². The van der Waals surface area contributed by atoms with Gasteiger partial charge in [-0.15, -0.1) is 6.58 Å². The van der Waals surface area contributed by atoms with E-state index in [2.05, 4.69) is 73.7 Å². The van der Waals surface area contributed by atoms with Crippen molar-refractivity contribution < 1.29 is 0 Å². The van der Waals surface area contributed by atoms with E-state index >= 15 is 0 Å². The molecule has 2 rings (SSSR count). The molecule has 1 aromatic heterocycles. The van der Waals surface area contributed by atoms with Gasteiger partial charge in [0.15, 0.2) is 0 Å². The maximum absolute atomic E-state index is 4.07. The largest absolute Gasteiger partial charge is 0.265 e. The van der Waals surface area contributed by atoms with Gasteiger partial charge in [0, 0.05) is 12.4 Å². The summed E-state index contributed by atoms with van der Waals surface area (Å²) in [5.41, 5.74) is 3.60. The molecule has 1 nitrogen and oxygen atoms in total. The highest BCUT2D eigenvalue weighted by atomic mass is 14.6. The molecule has 0 amide bonds. The molecular formula is C25H29N. The summed E-state index contributed by atoms with van der Waals surface area (Å²) < 4.78 is 0. The zero-order valence-corrected chi connectivity index (χ0v) is 15.7. The van der Waals surface area contributed by atoms with Crippen molar-refractivity contribution >= 4 is 6.08 Å². The van der Waals surface area contributed by atoms with Crippen LogP contribution in [-0.2, 0) is 0 Å². The Bertz CT molecular complexity index is 729. The second-order valence-corrected chi connectivity index (χ2v) is 6.45. The summed E-state index contributed by atoms with van der Waals surface area (Å²) in [5, 5.41) is 0. The number of aromatic nitrogens is 1. The zero-order valence-electron chi connectivity index (χ0n) is 15.7. The van der Waals surface area contributed by atoms with Crippen LogP contribution in [0.4, 0.5) is 0 Å². The van der Waals surface area contributed by atoms with E-state index < -0.39 is 0 Å². The first-order chi connectivity index (χ1) is 12.8. The van der Waals surface area contributed by atoms with E-state index in [1.54, 1.807) is 0 Å².